The van der Waals surface area contributed by atoms with Crippen molar-refractivity contribution in [2.75, 3.05) is 0 Å². The molecule has 0 fully saturated rings. The summed E-state index contributed by atoms with van der Waals surface area (Å²) in [7, 11) is 0. The van der Waals surface area contributed by atoms with Crippen molar-refractivity contribution in [3.05, 3.63) is 170 Å². The van der Waals surface area contributed by atoms with Crippen molar-refractivity contribution in [3.8, 4) is 22.9 Å². The van der Waals surface area contributed by atoms with Crippen LogP contribution in [0, 0.1) is 0 Å². The van der Waals surface area contributed by atoms with E-state index in [0.29, 0.717) is 5.95 Å². The third kappa shape index (κ3) is 3.81. The van der Waals surface area contributed by atoms with Crippen LogP contribution in [-0.2, 0) is 0 Å². The number of hydrogen-bond donors (Lipinski definition) is 0. The maximum atomic E-state index is 5.55. The second kappa shape index (κ2) is 10.4. The Bertz CT molecular complexity index is 3150. The van der Waals surface area contributed by atoms with Gasteiger partial charge in [0.25, 0.3) is 0 Å². The van der Waals surface area contributed by atoms with Gasteiger partial charge in [-0.3, -0.25) is 4.57 Å². The Hall–Kier alpha value is -6.78. The Morgan fingerprint density at radius 3 is 1.76 bits per heavy atom. The third-order valence-electron chi connectivity index (χ3n) is 10.3. The highest BCUT2D eigenvalue weighted by atomic mass is 15.2. The van der Waals surface area contributed by atoms with Gasteiger partial charge in [0, 0.05) is 38.2 Å². The molecule has 3 aromatic heterocycles. The summed E-state index contributed by atoms with van der Waals surface area (Å²) in [6, 6.07) is 60.7. The Labute approximate surface area is 287 Å². The molecule has 8 aromatic carbocycles. The van der Waals surface area contributed by atoms with Crippen LogP contribution in [0.5, 0.6) is 0 Å². The van der Waals surface area contributed by atoms with Crippen LogP contribution in [0.4, 0.5) is 0 Å². The number of aromatic nitrogens is 4. The molecule has 11 rings (SSSR count). The maximum absolute atomic E-state index is 5.55. The van der Waals surface area contributed by atoms with Crippen LogP contribution in [0.2, 0.25) is 0 Å². The zero-order chi connectivity index (χ0) is 32.8. The second-order valence-corrected chi connectivity index (χ2v) is 13.0. The number of para-hydroxylation sites is 4. The molecule has 11 aromatic rings. The first-order valence-corrected chi connectivity index (χ1v) is 17.0. The van der Waals surface area contributed by atoms with E-state index in [1.54, 1.807) is 0 Å². The molecule has 4 nitrogen and oxygen atoms in total. The smallest absolute Gasteiger partial charge is 0.235 e. The van der Waals surface area contributed by atoms with Crippen molar-refractivity contribution in [1.29, 1.82) is 0 Å². The molecule has 0 spiro atoms. The molecule has 0 saturated carbocycles. The molecule has 3 heterocycles. The van der Waals surface area contributed by atoms with E-state index in [1.165, 1.54) is 48.6 Å². The highest BCUT2D eigenvalue weighted by Gasteiger charge is 2.22. The van der Waals surface area contributed by atoms with Gasteiger partial charge >= 0.3 is 0 Å². The molecule has 50 heavy (non-hydrogen) atoms. The summed E-state index contributed by atoms with van der Waals surface area (Å²) < 4.78 is 4.64. The second-order valence-electron chi connectivity index (χ2n) is 13.0. The van der Waals surface area contributed by atoms with Crippen molar-refractivity contribution in [1.82, 2.24) is 19.1 Å². The molecule has 232 valence electrons. The highest BCUT2D eigenvalue weighted by molar-refractivity contribution is 6.25. The molecule has 0 aliphatic heterocycles. The number of benzene rings is 8. The van der Waals surface area contributed by atoms with Crippen molar-refractivity contribution < 1.29 is 0 Å². The normalized spacial score (nSPS) is 12.0. The van der Waals surface area contributed by atoms with Gasteiger partial charge in [-0.2, -0.15) is 0 Å². The Morgan fingerprint density at radius 2 is 0.960 bits per heavy atom. The zero-order valence-corrected chi connectivity index (χ0v) is 27.0. The lowest BCUT2D eigenvalue weighted by molar-refractivity contribution is 1.01. The van der Waals surface area contributed by atoms with Gasteiger partial charge < -0.3 is 4.57 Å². The van der Waals surface area contributed by atoms with Crippen molar-refractivity contribution >= 4 is 76.1 Å². The molecule has 0 N–H and O–H groups in total. The largest absolute Gasteiger partial charge is 0.309 e. The lowest BCUT2D eigenvalue weighted by atomic mass is 9.95. The number of hydrogen-bond acceptors (Lipinski definition) is 2. The van der Waals surface area contributed by atoms with Crippen LogP contribution >= 0.6 is 0 Å². The van der Waals surface area contributed by atoms with Crippen LogP contribution in [0.25, 0.3) is 99.0 Å². The lowest BCUT2D eigenvalue weighted by Crippen LogP contribution is -2.04. The number of fused-ring (bicyclic) bond motifs is 10. The Balaban J connectivity index is 1.29. The van der Waals surface area contributed by atoms with E-state index in [-0.39, 0.29) is 0 Å². The van der Waals surface area contributed by atoms with Gasteiger partial charge in [-0.05, 0) is 70.1 Å². The summed E-state index contributed by atoms with van der Waals surface area (Å²) in [6.07, 6.45) is 0. The first-order chi connectivity index (χ1) is 24.8. The maximum Gasteiger partial charge on any atom is 0.235 e. The van der Waals surface area contributed by atoms with E-state index in [4.69, 9.17) is 9.97 Å². The molecule has 0 amide bonds. The molecule has 0 aliphatic carbocycles. The fourth-order valence-corrected chi connectivity index (χ4v) is 8.12. The van der Waals surface area contributed by atoms with Crippen molar-refractivity contribution in [3.63, 3.8) is 0 Å². The third-order valence-corrected chi connectivity index (χ3v) is 10.3. The average Bonchev–Trinajstić information content (AvgIpc) is 3.69. The predicted molar refractivity (Wildman–Crippen MR) is 209 cm³/mol. The fraction of sp³-hybridized carbons (Fsp3) is 0. The van der Waals surface area contributed by atoms with Crippen LogP contribution in [0.3, 0.4) is 0 Å². The monoisotopic (exact) mass is 636 g/mol. The fourth-order valence-electron chi connectivity index (χ4n) is 8.12. The minimum Gasteiger partial charge on any atom is -0.309 e. The molecular weight excluding hydrogens is 609 g/mol. The average molecular weight is 637 g/mol. The molecular formula is C46H28N4. The van der Waals surface area contributed by atoms with Gasteiger partial charge in [0.2, 0.25) is 5.95 Å². The van der Waals surface area contributed by atoms with Crippen molar-refractivity contribution in [2.45, 2.75) is 0 Å². The summed E-state index contributed by atoms with van der Waals surface area (Å²) >= 11 is 0. The molecule has 0 bridgehead atoms. The lowest BCUT2D eigenvalue weighted by Gasteiger charge is -2.15. The van der Waals surface area contributed by atoms with E-state index < -0.39 is 0 Å². The van der Waals surface area contributed by atoms with Gasteiger partial charge in [0.15, 0.2) is 0 Å². The summed E-state index contributed by atoms with van der Waals surface area (Å²) in [5.74, 6) is 0.660. The first kappa shape index (κ1) is 27.2. The molecule has 0 radical (unpaired) electrons. The minimum atomic E-state index is 0.660. The van der Waals surface area contributed by atoms with Gasteiger partial charge in [-0.15, -0.1) is 0 Å². The Kier molecular flexibility index (Phi) is 5.63. The van der Waals surface area contributed by atoms with Crippen LogP contribution in [0.1, 0.15) is 0 Å². The predicted octanol–water partition coefficient (Wildman–Crippen LogP) is 11.8. The minimum absolute atomic E-state index is 0.660. The van der Waals surface area contributed by atoms with Gasteiger partial charge in [-0.1, -0.05) is 121 Å². The molecule has 0 aliphatic rings. The highest BCUT2D eigenvalue weighted by Crippen LogP contribution is 2.43. The molecule has 0 saturated heterocycles. The van der Waals surface area contributed by atoms with Crippen LogP contribution in [0.15, 0.2) is 170 Å². The van der Waals surface area contributed by atoms with E-state index in [0.717, 1.165) is 44.4 Å². The van der Waals surface area contributed by atoms with E-state index in [2.05, 4.69) is 179 Å². The number of rotatable bonds is 3. The molecule has 4 heteroatoms. The first-order valence-electron chi connectivity index (χ1n) is 17.0. The summed E-state index contributed by atoms with van der Waals surface area (Å²) in [5.41, 5.74) is 8.55. The zero-order valence-electron chi connectivity index (χ0n) is 27.0. The SMILES string of the molecule is c1ccc(-n2c3ccccc3c3c4ccccc4c(-c4nc(-n5c6ccccc6c6cc7ccccc7cc65)nc5ccccc45)cc32)cc1. The Morgan fingerprint density at radius 1 is 0.360 bits per heavy atom. The number of nitrogens with zero attached hydrogens (tertiary/aromatic N) is 4. The van der Waals surface area contributed by atoms with Crippen LogP contribution < -0.4 is 0 Å². The summed E-state index contributed by atoms with van der Waals surface area (Å²) in [4.78, 5) is 10.8. The van der Waals surface area contributed by atoms with E-state index >= 15 is 0 Å². The topological polar surface area (TPSA) is 35.6 Å². The van der Waals surface area contributed by atoms with Gasteiger partial charge in [0.1, 0.15) is 0 Å². The van der Waals surface area contributed by atoms with Crippen LogP contribution in [-0.4, -0.2) is 19.1 Å². The quantitative estimate of drug-likeness (QED) is 0.193. The summed E-state index contributed by atoms with van der Waals surface area (Å²) in [6.45, 7) is 0. The van der Waals surface area contributed by atoms with E-state index in [1.807, 2.05) is 0 Å². The van der Waals surface area contributed by atoms with E-state index in [9.17, 15) is 0 Å². The van der Waals surface area contributed by atoms with Gasteiger partial charge in [-0.25, -0.2) is 9.97 Å². The standard InChI is InChI=1S/C46H28N4/c1-2-16-31(17-3-1)49-41-25-13-10-22-36(41)44-34-20-7-6-18-32(34)38(28-43(44)49)45-35-21-8-11-23-39(35)47-46(48-45)50-40-24-12-9-19-33(40)37-26-29-14-4-5-15-30(29)27-42(37)50/h1-28H. The van der Waals surface area contributed by atoms with Gasteiger partial charge in [0.05, 0.1) is 33.3 Å². The summed E-state index contributed by atoms with van der Waals surface area (Å²) in [5, 5.41) is 10.7. The molecule has 0 unspecified atom stereocenters. The van der Waals surface area contributed by atoms with Crippen molar-refractivity contribution in [2.24, 2.45) is 0 Å². The molecule has 0 atom stereocenters.